The van der Waals surface area contributed by atoms with Crippen molar-refractivity contribution in [2.24, 2.45) is 0 Å². The zero-order chi connectivity index (χ0) is 19.4. The molecule has 2 heterocycles. The highest BCUT2D eigenvalue weighted by Gasteiger charge is 2.30. The van der Waals surface area contributed by atoms with E-state index in [1.165, 1.54) is 30.9 Å². The minimum Gasteiger partial charge on any atom is -0.490 e. The fourth-order valence-corrected chi connectivity index (χ4v) is 2.67. The Bertz CT molecular complexity index is 807. The summed E-state index contributed by atoms with van der Waals surface area (Å²) in [5, 5.41) is 16.0. The average molecular weight is 373 g/mol. The maximum atomic E-state index is 12.4. The van der Waals surface area contributed by atoms with Gasteiger partial charge in [-0.15, -0.1) is 0 Å². The summed E-state index contributed by atoms with van der Waals surface area (Å²) in [5.41, 5.74) is -0.303. The topological polar surface area (TPSA) is 103 Å². The van der Waals surface area contributed by atoms with Crippen LogP contribution in [0.2, 0.25) is 0 Å². The predicted molar refractivity (Wildman–Crippen MR) is 98.0 cm³/mol. The van der Waals surface area contributed by atoms with Crippen molar-refractivity contribution in [3.63, 3.8) is 0 Å². The van der Waals surface area contributed by atoms with Crippen molar-refractivity contribution in [2.75, 3.05) is 18.5 Å². The number of hydrogen-bond acceptors (Lipinski definition) is 5. The lowest BCUT2D eigenvalue weighted by Gasteiger charge is -2.23. The van der Waals surface area contributed by atoms with Gasteiger partial charge in [-0.25, -0.2) is 4.79 Å². The van der Waals surface area contributed by atoms with Crippen LogP contribution < -0.4 is 10.1 Å². The van der Waals surface area contributed by atoms with Gasteiger partial charge in [-0.1, -0.05) is 0 Å². The van der Waals surface area contributed by atoms with Crippen molar-refractivity contribution in [1.29, 1.82) is 0 Å². The first-order valence-corrected chi connectivity index (χ1v) is 8.80. The van der Waals surface area contributed by atoms with Crippen LogP contribution >= 0.6 is 0 Å². The Kier molecular flexibility index (Phi) is 5.46. The molecule has 1 aromatic carbocycles. The Balaban J connectivity index is 1.61. The fourth-order valence-electron chi connectivity index (χ4n) is 2.67. The summed E-state index contributed by atoms with van der Waals surface area (Å²) in [5.74, 6) is -0.599. The zero-order valence-corrected chi connectivity index (χ0v) is 15.3. The molecule has 144 valence electrons. The normalized spacial score (nSPS) is 15.3. The second-order valence-electron chi connectivity index (χ2n) is 6.95. The van der Waals surface area contributed by atoms with Crippen LogP contribution in [0.5, 0.6) is 5.75 Å². The third-order valence-corrected chi connectivity index (χ3v) is 4.52. The molecule has 1 aromatic heterocycles. The molecule has 0 saturated carbocycles. The van der Waals surface area contributed by atoms with Crippen LogP contribution in [0.3, 0.4) is 0 Å². The number of ether oxygens (including phenoxy) is 2. The third kappa shape index (κ3) is 4.46. The van der Waals surface area contributed by atoms with Crippen LogP contribution in [0.1, 0.15) is 37.0 Å². The van der Waals surface area contributed by atoms with Crippen molar-refractivity contribution < 1.29 is 24.2 Å². The molecule has 8 nitrogen and oxygen atoms in total. The quantitative estimate of drug-likeness (QED) is 0.807. The largest absolute Gasteiger partial charge is 0.490 e. The Hall–Kier alpha value is -2.87. The Labute approximate surface area is 157 Å². The van der Waals surface area contributed by atoms with E-state index >= 15 is 0 Å². The number of carbonyl (C=O) groups excluding carboxylic acids is 1. The molecule has 0 radical (unpaired) electrons. The summed E-state index contributed by atoms with van der Waals surface area (Å²) in [6, 6.07) is 6.91. The van der Waals surface area contributed by atoms with Gasteiger partial charge in [0.2, 0.25) is 0 Å². The summed E-state index contributed by atoms with van der Waals surface area (Å²) >= 11 is 0. The molecular weight excluding hydrogens is 350 g/mol. The van der Waals surface area contributed by atoms with E-state index in [9.17, 15) is 14.7 Å². The molecule has 8 heteroatoms. The van der Waals surface area contributed by atoms with Gasteiger partial charge in [-0.2, -0.15) is 5.10 Å². The SMILES string of the molecule is CC(C)(C(=O)O)n1cc(NC(=O)c2ccc(OC3CCOCC3)cc2)cn1. The van der Waals surface area contributed by atoms with Gasteiger partial charge in [0.1, 0.15) is 11.9 Å². The third-order valence-electron chi connectivity index (χ3n) is 4.52. The minimum atomic E-state index is -1.20. The number of amides is 1. The number of aromatic nitrogens is 2. The Morgan fingerprint density at radius 3 is 2.56 bits per heavy atom. The van der Waals surface area contributed by atoms with E-state index in [1.807, 2.05) is 0 Å². The number of carboxylic acids is 1. The second kappa shape index (κ2) is 7.79. The van der Waals surface area contributed by atoms with Gasteiger partial charge in [-0.3, -0.25) is 9.48 Å². The maximum Gasteiger partial charge on any atom is 0.331 e. The number of anilines is 1. The monoisotopic (exact) mass is 373 g/mol. The van der Waals surface area contributed by atoms with Crippen LogP contribution in [-0.4, -0.2) is 46.1 Å². The Morgan fingerprint density at radius 1 is 1.26 bits per heavy atom. The summed E-state index contributed by atoms with van der Waals surface area (Å²) in [6.45, 7) is 4.48. The Morgan fingerprint density at radius 2 is 1.93 bits per heavy atom. The highest BCUT2D eigenvalue weighted by atomic mass is 16.5. The van der Waals surface area contributed by atoms with E-state index in [-0.39, 0.29) is 12.0 Å². The van der Waals surface area contributed by atoms with Crippen LogP contribution in [0, 0.1) is 0 Å². The number of benzene rings is 1. The number of rotatable bonds is 6. The van der Waals surface area contributed by atoms with Crippen LogP contribution in [-0.2, 0) is 15.1 Å². The molecule has 1 amide bonds. The molecule has 1 aliphatic heterocycles. The summed E-state index contributed by atoms with van der Waals surface area (Å²) in [7, 11) is 0. The number of nitrogens with zero attached hydrogens (tertiary/aromatic N) is 2. The molecule has 0 bridgehead atoms. The van der Waals surface area contributed by atoms with Gasteiger partial charge in [0.05, 0.1) is 25.1 Å². The molecular formula is C19H23N3O5. The van der Waals surface area contributed by atoms with Gasteiger partial charge in [0, 0.05) is 24.6 Å². The highest BCUT2D eigenvalue weighted by molar-refractivity contribution is 6.04. The van der Waals surface area contributed by atoms with Gasteiger partial charge in [0.25, 0.3) is 5.91 Å². The zero-order valence-electron chi connectivity index (χ0n) is 15.3. The first-order valence-electron chi connectivity index (χ1n) is 8.80. The van der Waals surface area contributed by atoms with Gasteiger partial charge >= 0.3 is 5.97 Å². The van der Waals surface area contributed by atoms with Crippen LogP contribution in [0.15, 0.2) is 36.7 Å². The van der Waals surface area contributed by atoms with Gasteiger partial charge in [0.15, 0.2) is 5.54 Å². The van der Waals surface area contributed by atoms with Gasteiger partial charge < -0.3 is 19.9 Å². The molecule has 0 unspecified atom stereocenters. The average Bonchev–Trinajstić information content (AvgIpc) is 3.12. The maximum absolute atomic E-state index is 12.4. The molecule has 3 rings (SSSR count). The molecule has 0 atom stereocenters. The van der Waals surface area contributed by atoms with Gasteiger partial charge in [-0.05, 0) is 38.1 Å². The first-order chi connectivity index (χ1) is 12.9. The fraction of sp³-hybridized carbons (Fsp3) is 0.421. The number of aliphatic carboxylic acids is 1. The van der Waals surface area contributed by atoms with E-state index in [0.29, 0.717) is 24.5 Å². The lowest BCUT2D eigenvalue weighted by atomic mass is 10.1. The summed E-state index contributed by atoms with van der Waals surface area (Å²) in [6.07, 6.45) is 4.78. The van der Waals surface area contributed by atoms with Crippen molar-refractivity contribution in [2.45, 2.75) is 38.3 Å². The number of hydrogen-bond donors (Lipinski definition) is 2. The molecule has 2 N–H and O–H groups in total. The second-order valence-corrected chi connectivity index (χ2v) is 6.95. The van der Waals surface area contributed by atoms with Crippen molar-refractivity contribution in [3.8, 4) is 5.75 Å². The molecule has 1 saturated heterocycles. The van der Waals surface area contributed by atoms with Crippen molar-refractivity contribution >= 4 is 17.6 Å². The predicted octanol–water partition coefficient (Wildman–Crippen LogP) is 2.51. The number of nitrogens with one attached hydrogen (secondary N) is 1. The first kappa shape index (κ1) is 18.9. The molecule has 0 aliphatic carbocycles. The van der Waals surface area contributed by atoms with Crippen LogP contribution in [0.4, 0.5) is 5.69 Å². The van der Waals surface area contributed by atoms with Crippen LogP contribution in [0.25, 0.3) is 0 Å². The van der Waals surface area contributed by atoms with E-state index in [0.717, 1.165) is 18.6 Å². The van der Waals surface area contributed by atoms with E-state index < -0.39 is 11.5 Å². The van der Waals surface area contributed by atoms with Crippen molar-refractivity contribution in [3.05, 3.63) is 42.2 Å². The lowest BCUT2D eigenvalue weighted by Crippen LogP contribution is -2.35. The summed E-state index contributed by atoms with van der Waals surface area (Å²) in [4.78, 5) is 23.7. The number of carboxylic acid groups (broad SMARTS) is 1. The molecule has 1 fully saturated rings. The highest BCUT2D eigenvalue weighted by Crippen LogP contribution is 2.20. The smallest absolute Gasteiger partial charge is 0.331 e. The van der Waals surface area contributed by atoms with E-state index in [1.54, 1.807) is 24.3 Å². The lowest BCUT2D eigenvalue weighted by molar-refractivity contribution is -0.146. The number of carbonyl (C=O) groups is 2. The molecule has 2 aromatic rings. The standard InChI is InChI=1S/C19H23N3O5/c1-19(2,18(24)25)22-12-14(11-20-22)21-17(23)13-3-5-15(6-4-13)27-16-7-9-26-10-8-16/h3-6,11-12,16H,7-10H2,1-2H3,(H,21,23)(H,24,25). The molecule has 0 spiro atoms. The minimum absolute atomic E-state index is 0.141. The molecule has 1 aliphatic rings. The van der Waals surface area contributed by atoms with Crippen molar-refractivity contribution in [1.82, 2.24) is 9.78 Å². The molecule has 27 heavy (non-hydrogen) atoms. The van der Waals surface area contributed by atoms with E-state index in [2.05, 4.69) is 10.4 Å². The summed E-state index contributed by atoms with van der Waals surface area (Å²) < 4.78 is 12.5. The van der Waals surface area contributed by atoms with E-state index in [4.69, 9.17) is 9.47 Å².